The molecular weight excluding hydrogens is 467 g/mol. The quantitative estimate of drug-likeness (QED) is 0.248. The first-order chi connectivity index (χ1) is 13.3. The maximum atomic E-state index is 5.69. The van der Waals surface area contributed by atoms with Crippen LogP contribution < -0.4 is 15.5 Å². The van der Waals surface area contributed by atoms with Crippen molar-refractivity contribution < 1.29 is 9.47 Å². The zero-order chi connectivity index (χ0) is 18.9. The monoisotopic (exact) mass is 502 g/mol. The Morgan fingerprint density at radius 2 is 2.21 bits per heavy atom. The fourth-order valence-corrected chi connectivity index (χ4v) is 3.73. The second-order valence-electron chi connectivity index (χ2n) is 7.40. The number of rotatable bonds is 8. The Morgan fingerprint density at radius 3 is 3.00 bits per heavy atom. The molecule has 6 nitrogen and oxygen atoms in total. The molecule has 2 heterocycles. The molecule has 1 fully saturated rings. The highest BCUT2D eigenvalue weighted by molar-refractivity contribution is 14.0. The molecular formula is C21H35IN4O2. The third kappa shape index (κ3) is 7.08. The Kier molecular flexibility index (Phi) is 10.4. The zero-order valence-electron chi connectivity index (χ0n) is 17.2. The minimum absolute atomic E-state index is 0. The topological polar surface area (TPSA) is 58.1 Å². The molecule has 158 valence electrons. The van der Waals surface area contributed by atoms with Gasteiger partial charge < -0.3 is 25.0 Å². The van der Waals surface area contributed by atoms with E-state index in [9.17, 15) is 0 Å². The summed E-state index contributed by atoms with van der Waals surface area (Å²) in [6.45, 7) is 5.14. The highest BCUT2D eigenvalue weighted by Gasteiger charge is 2.15. The smallest absolute Gasteiger partial charge is 0.191 e. The standard InChI is InChI=1S/C21H34N4O2.HI/c1-22-21(23-10-5-12-26-16-19-7-4-13-27-19)24-15-17-8-9-20-18(14-17)6-3-11-25(20)2;/h8-9,14,19H,3-7,10-13,15-16H2,1-2H3,(H2,22,23,24);1H. The van der Waals surface area contributed by atoms with Gasteiger partial charge in [-0.1, -0.05) is 12.1 Å². The molecule has 1 saturated heterocycles. The molecule has 2 N–H and O–H groups in total. The predicted molar refractivity (Wildman–Crippen MR) is 126 cm³/mol. The Balaban J connectivity index is 0.00000280. The summed E-state index contributed by atoms with van der Waals surface area (Å²) in [6, 6.07) is 6.77. The number of anilines is 1. The molecule has 2 aliphatic rings. The lowest BCUT2D eigenvalue weighted by Crippen LogP contribution is -2.37. The Bertz CT molecular complexity index is 620. The highest BCUT2D eigenvalue weighted by Crippen LogP contribution is 2.26. The van der Waals surface area contributed by atoms with Crippen LogP contribution in [-0.2, 0) is 22.4 Å². The number of aliphatic imine (C=N–C) groups is 1. The summed E-state index contributed by atoms with van der Waals surface area (Å²) >= 11 is 0. The summed E-state index contributed by atoms with van der Waals surface area (Å²) in [4.78, 5) is 6.65. The zero-order valence-corrected chi connectivity index (χ0v) is 19.5. The molecule has 1 aromatic rings. The van der Waals surface area contributed by atoms with Crippen molar-refractivity contribution in [3.05, 3.63) is 29.3 Å². The molecule has 2 aliphatic heterocycles. The average molecular weight is 502 g/mol. The Hall–Kier alpha value is -1.06. The lowest BCUT2D eigenvalue weighted by molar-refractivity contribution is 0.0168. The van der Waals surface area contributed by atoms with Crippen molar-refractivity contribution in [2.24, 2.45) is 4.99 Å². The maximum Gasteiger partial charge on any atom is 0.191 e. The third-order valence-corrected chi connectivity index (χ3v) is 5.26. The number of hydrogen-bond acceptors (Lipinski definition) is 4. The number of fused-ring (bicyclic) bond motifs is 1. The number of nitrogens with one attached hydrogen (secondary N) is 2. The summed E-state index contributed by atoms with van der Waals surface area (Å²) in [5, 5.41) is 6.76. The Morgan fingerprint density at radius 1 is 1.32 bits per heavy atom. The number of guanidine groups is 1. The van der Waals surface area contributed by atoms with Crippen LogP contribution in [0.1, 0.15) is 36.8 Å². The van der Waals surface area contributed by atoms with E-state index < -0.39 is 0 Å². The lowest BCUT2D eigenvalue weighted by atomic mass is 9.99. The number of ether oxygens (including phenoxy) is 2. The van der Waals surface area contributed by atoms with Gasteiger partial charge in [-0.25, -0.2) is 0 Å². The summed E-state index contributed by atoms with van der Waals surface area (Å²) in [7, 11) is 3.98. The molecule has 0 radical (unpaired) electrons. The summed E-state index contributed by atoms with van der Waals surface area (Å²) in [6.07, 6.45) is 5.97. The molecule has 1 unspecified atom stereocenters. The molecule has 0 saturated carbocycles. The number of benzene rings is 1. The first-order valence-corrected chi connectivity index (χ1v) is 10.2. The Labute approximate surface area is 186 Å². The van der Waals surface area contributed by atoms with Gasteiger partial charge >= 0.3 is 0 Å². The number of aryl methyl sites for hydroxylation is 1. The molecule has 28 heavy (non-hydrogen) atoms. The van der Waals surface area contributed by atoms with Gasteiger partial charge in [-0.15, -0.1) is 24.0 Å². The number of nitrogens with zero attached hydrogens (tertiary/aromatic N) is 2. The van der Waals surface area contributed by atoms with E-state index in [4.69, 9.17) is 9.47 Å². The van der Waals surface area contributed by atoms with Gasteiger partial charge in [0.2, 0.25) is 0 Å². The van der Waals surface area contributed by atoms with Crippen molar-refractivity contribution in [1.82, 2.24) is 10.6 Å². The van der Waals surface area contributed by atoms with E-state index in [1.54, 1.807) is 0 Å². The summed E-state index contributed by atoms with van der Waals surface area (Å²) < 4.78 is 11.3. The molecule has 7 heteroatoms. The SMILES string of the molecule is CN=C(NCCCOCC1CCCO1)NCc1ccc2c(c1)CCCN2C.I. The van der Waals surface area contributed by atoms with Crippen molar-refractivity contribution in [1.29, 1.82) is 0 Å². The fourth-order valence-electron chi connectivity index (χ4n) is 3.73. The van der Waals surface area contributed by atoms with E-state index in [0.717, 1.165) is 58.3 Å². The molecule has 0 aliphatic carbocycles. The van der Waals surface area contributed by atoms with Crippen LogP contribution in [0, 0.1) is 0 Å². The fraction of sp³-hybridized carbons (Fsp3) is 0.667. The maximum absolute atomic E-state index is 5.69. The normalized spacial score (nSPS) is 19.1. The van der Waals surface area contributed by atoms with Crippen LogP contribution in [0.25, 0.3) is 0 Å². The van der Waals surface area contributed by atoms with E-state index in [-0.39, 0.29) is 24.0 Å². The van der Waals surface area contributed by atoms with Crippen molar-refractivity contribution in [3.63, 3.8) is 0 Å². The van der Waals surface area contributed by atoms with Crippen LogP contribution in [0.3, 0.4) is 0 Å². The van der Waals surface area contributed by atoms with Crippen LogP contribution in [0.15, 0.2) is 23.2 Å². The van der Waals surface area contributed by atoms with Crippen molar-refractivity contribution in [2.75, 3.05) is 51.9 Å². The highest BCUT2D eigenvalue weighted by atomic mass is 127. The summed E-state index contributed by atoms with van der Waals surface area (Å²) in [5.74, 6) is 0.837. The lowest BCUT2D eigenvalue weighted by Gasteiger charge is -2.28. The molecule has 0 spiro atoms. The van der Waals surface area contributed by atoms with Crippen LogP contribution in [0.5, 0.6) is 0 Å². The minimum atomic E-state index is 0. The average Bonchev–Trinajstić information content (AvgIpc) is 3.20. The molecule has 1 atom stereocenters. The number of halogens is 1. The van der Waals surface area contributed by atoms with Crippen LogP contribution in [0.4, 0.5) is 5.69 Å². The van der Waals surface area contributed by atoms with Gasteiger partial charge in [0.15, 0.2) is 5.96 Å². The van der Waals surface area contributed by atoms with E-state index >= 15 is 0 Å². The van der Waals surface area contributed by atoms with Crippen LogP contribution in [0.2, 0.25) is 0 Å². The molecule has 0 amide bonds. The first kappa shape index (κ1) is 23.2. The van der Waals surface area contributed by atoms with Crippen LogP contribution >= 0.6 is 24.0 Å². The van der Waals surface area contributed by atoms with Crippen molar-refractivity contribution in [2.45, 2.75) is 44.8 Å². The molecule has 0 bridgehead atoms. The van der Waals surface area contributed by atoms with E-state index in [0.29, 0.717) is 6.10 Å². The molecule has 1 aromatic carbocycles. The molecule has 3 rings (SSSR count). The summed E-state index contributed by atoms with van der Waals surface area (Å²) in [5.41, 5.74) is 4.12. The third-order valence-electron chi connectivity index (χ3n) is 5.26. The van der Waals surface area contributed by atoms with E-state index in [1.165, 1.54) is 36.1 Å². The van der Waals surface area contributed by atoms with Crippen LogP contribution in [-0.4, -0.2) is 59.1 Å². The van der Waals surface area contributed by atoms with Gasteiger partial charge in [0.1, 0.15) is 0 Å². The first-order valence-electron chi connectivity index (χ1n) is 10.2. The predicted octanol–water partition coefficient (Wildman–Crippen LogP) is 2.94. The second kappa shape index (κ2) is 12.5. The van der Waals surface area contributed by atoms with Crippen molar-refractivity contribution >= 4 is 35.6 Å². The van der Waals surface area contributed by atoms with E-state index in [2.05, 4.69) is 45.8 Å². The number of hydrogen-bond donors (Lipinski definition) is 2. The van der Waals surface area contributed by atoms with Crippen molar-refractivity contribution in [3.8, 4) is 0 Å². The molecule has 0 aromatic heterocycles. The van der Waals surface area contributed by atoms with Gasteiger partial charge in [-0.05, 0) is 49.3 Å². The van der Waals surface area contributed by atoms with Gasteiger partial charge in [0.25, 0.3) is 0 Å². The largest absolute Gasteiger partial charge is 0.379 e. The van der Waals surface area contributed by atoms with Gasteiger partial charge in [0, 0.05) is 52.6 Å². The minimum Gasteiger partial charge on any atom is -0.379 e. The van der Waals surface area contributed by atoms with E-state index in [1.807, 2.05) is 7.05 Å². The van der Waals surface area contributed by atoms with Gasteiger partial charge in [-0.2, -0.15) is 0 Å². The van der Waals surface area contributed by atoms with Gasteiger partial charge in [0.05, 0.1) is 12.7 Å². The van der Waals surface area contributed by atoms with Gasteiger partial charge in [-0.3, -0.25) is 4.99 Å². The second-order valence-corrected chi connectivity index (χ2v) is 7.40.